The Kier molecular flexibility index (Phi) is 6.41. The van der Waals surface area contributed by atoms with Crippen LogP contribution in [0.15, 0.2) is 48.5 Å². The highest BCUT2D eigenvalue weighted by molar-refractivity contribution is 5.36. The third kappa shape index (κ3) is 4.60. The molecule has 0 amide bonds. The third-order valence-corrected chi connectivity index (χ3v) is 5.21. The van der Waals surface area contributed by atoms with Gasteiger partial charge in [-0.15, -0.1) is 0 Å². The Labute approximate surface area is 181 Å². The summed E-state index contributed by atoms with van der Waals surface area (Å²) in [7, 11) is 0. The molecule has 170 valence electrons. The zero-order valence-electron chi connectivity index (χ0n) is 16.6. The highest BCUT2D eigenvalue weighted by atomic mass is 16.7. The molecular weight excluding hydrogens is 428 g/mol. The zero-order valence-corrected chi connectivity index (χ0v) is 16.6. The van der Waals surface area contributed by atoms with Crippen molar-refractivity contribution in [3.05, 3.63) is 79.9 Å². The number of hydrogen-bond donors (Lipinski definition) is 2. The molecule has 0 aliphatic carbocycles. The van der Waals surface area contributed by atoms with Gasteiger partial charge in [0.2, 0.25) is 0 Å². The number of non-ortho nitro benzene ring substituents is 2. The number of benzene rings is 2. The SMILES string of the molecule is O=[N+]([O-])c1cccc(C2OC[C@H]3OC(c4cccc([N+](=O)[O-])c4)OC[C@H](O)[C@H](O)[C@H]3O2)c1. The first kappa shape index (κ1) is 22.2. The smallest absolute Gasteiger partial charge is 0.269 e. The maximum atomic E-state index is 11.1. The van der Waals surface area contributed by atoms with Gasteiger partial charge in [-0.25, -0.2) is 0 Å². The number of aliphatic hydroxyl groups excluding tert-OH is 2. The van der Waals surface area contributed by atoms with Gasteiger partial charge >= 0.3 is 0 Å². The average molecular weight is 448 g/mol. The van der Waals surface area contributed by atoms with Crippen molar-refractivity contribution in [3.63, 3.8) is 0 Å². The van der Waals surface area contributed by atoms with Gasteiger partial charge < -0.3 is 29.2 Å². The molecule has 4 rings (SSSR count). The van der Waals surface area contributed by atoms with Gasteiger partial charge in [0.05, 0.1) is 23.1 Å². The number of rotatable bonds is 4. The van der Waals surface area contributed by atoms with Crippen molar-refractivity contribution >= 4 is 11.4 Å². The number of aliphatic hydroxyl groups is 2. The quantitative estimate of drug-likeness (QED) is 0.520. The highest BCUT2D eigenvalue weighted by Gasteiger charge is 2.44. The number of nitro groups is 2. The average Bonchev–Trinajstić information content (AvgIpc) is 2.80. The van der Waals surface area contributed by atoms with Crippen LogP contribution in [0.25, 0.3) is 0 Å². The van der Waals surface area contributed by atoms with Crippen molar-refractivity contribution in [1.29, 1.82) is 0 Å². The van der Waals surface area contributed by atoms with Crippen LogP contribution in [0.5, 0.6) is 0 Å². The lowest BCUT2D eigenvalue weighted by Gasteiger charge is -2.42. The van der Waals surface area contributed by atoms with E-state index in [9.17, 15) is 30.4 Å². The maximum Gasteiger partial charge on any atom is 0.269 e. The molecule has 2 aromatic rings. The van der Waals surface area contributed by atoms with E-state index in [0.717, 1.165) is 0 Å². The fourth-order valence-electron chi connectivity index (χ4n) is 3.58. The summed E-state index contributed by atoms with van der Waals surface area (Å²) in [6.07, 6.45) is -6.77. The molecule has 2 N–H and O–H groups in total. The predicted octanol–water partition coefficient (Wildman–Crippen LogP) is 1.75. The second-order valence-corrected chi connectivity index (χ2v) is 7.37. The molecule has 2 aromatic carbocycles. The number of fused-ring (bicyclic) bond motifs is 1. The molecule has 0 bridgehead atoms. The lowest BCUT2D eigenvalue weighted by Crippen LogP contribution is -2.55. The lowest BCUT2D eigenvalue weighted by molar-refractivity contribution is -0.385. The molecule has 2 saturated heterocycles. The largest absolute Gasteiger partial charge is 0.388 e. The Hall–Kier alpha value is -3.00. The molecule has 0 radical (unpaired) electrons. The van der Waals surface area contributed by atoms with Gasteiger partial charge in [0.15, 0.2) is 12.6 Å². The second kappa shape index (κ2) is 9.24. The van der Waals surface area contributed by atoms with E-state index in [2.05, 4.69) is 0 Å². The van der Waals surface area contributed by atoms with Gasteiger partial charge in [-0.1, -0.05) is 24.3 Å². The summed E-state index contributed by atoms with van der Waals surface area (Å²) in [4.78, 5) is 21.0. The number of nitro benzene ring substituents is 2. The number of nitrogens with zero attached hydrogens (tertiary/aromatic N) is 2. The molecule has 0 spiro atoms. The summed E-state index contributed by atoms with van der Waals surface area (Å²) in [6, 6.07) is 11.4. The summed E-state index contributed by atoms with van der Waals surface area (Å²) in [5, 5.41) is 43.1. The fraction of sp³-hybridized carbons (Fsp3) is 0.400. The summed E-state index contributed by atoms with van der Waals surface area (Å²) in [5.41, 5.74) is 0.413. The molecule has 2 fully saturated rings. The summed E-state index contributed by atoms with van der Waals surface area (Å²) >= 11 is 0. The molecule has 12 heteroatoms. The van der Waals surface area contributed by atoms with Crippen LogP contribution in [-0.4, -0.2) is 57.7 Å². The van der Waals surface area contributed by atoms with E-state index in [1.54, 1.807) is 12.1 Å². The van der Waals surface area contributed by atoms with Crippen molar-refractivity contribution in [2.75, 3.05) is 13.2 Å². The minimum Gasteiger partial charge on any atom is -0.388 e. The van der Waals surface area contributed by atoms with Gasteiger partial charge in [0.25, 0.3) is 11.4 Å². The lowest BCUT2D eigenvalue weighted by atomic mass is 10.0. The van der Waals surface area contributed by atoms with E-state index >= 15 is 0 Å². The minimum absolute atomic E-state index is 0.0867. The molecule has 0 aromatic heterocycles. The van der Waals surface area contributed by atoms with Gasteiger partial charge in [-0.2, -0.15) is 0 Å². The van der Waals surface area contributed by atoms with Crippen LogP contribution < -0.4 is 0 Å². The van der Waals surface area contributed by atoms with Gasteiger partial charge in [-0.05, 0) is 0 Å². The third-order valence-electron chi connectivity index (χ3n) is 5.21. The molecule has 32 heavy (non-hydrogen) atoms. The Morgan fingerprint density at radius 2 is 1.34 bits per heavy atom. The summed E-state index contributed by atoms with van der Waals surface area (Å²) in [6.45, 7) is -0.403. The van der Waals surface area contributed by atoms with E-state index < -0.39 is 46.8 Å². The van der Waals surface area contributed by atoms with Crippen LogP contribution in [0.1, 0.15) is 23.7 Å². The molecular formula is C20H20N2O10. The van der Waals surface area contributed by atoms with Crippen LogP contribution in [0, 0.1) is 20.2 Å². The van der Waals surface area contributed by atoms with Crippen LogP contribution in [0.3, 0.4) is 0 Å². The van der Waals surface area contributed by atoms with E-state index in [1.165, 1.54) is 36.4 Å². The van der Waals surface area contributed by atoms with E-state index in [-0.39, 0.29) is 24.6 Å². The van der Waals surface area contributed by atoms with Gasteiger partial charge in [0, 0.05) is 35.4 Å². The zero-order chi connectivity index (χ0) is 22.8. The van der Waals surface area contributed by atoms with E-state index in [0.29, 0.717) is 11.1 Å². The van der Waals surface area contributed by atoms with Gasteiger partial charge in [0.1, 0.15) is 24.4 Å². The molecule has 0 saturated carbocycles. The Morgan fingerprint density at radius 3 is 1.91 bits per heavy atom. The van der Waals surface area contributed by atoms with Gasteiger partial charge in [-0.3, -0.25) is 20.2 Å². The predicted molar refractivity (Wildman–Crippen MR) is 105 cm³/mol. The molecule has 6 atom stereocenters. The standard InChI is InChI=1S/C20H20N2O10/c23-15-9-29-19(11-3-1-5-13(7-11)21(25)26)31-16-10-30-20(32-18(16)17(15)24)12-4-2-6-14(8-12)22(27)28/h1-8,15-20,23-24H,9-10H2/t15-,16+,17-,18-,19?,20?/m0/s1. The topological polar surface area (TPSA) is 164 Å². The summed E-state index contributed by atoms with van der Waals surface area (Å²) in [5.74, 6) is 0. The monoisotopic (exact) mass is 448 g/mol. The van der Waals surface area contributed by atoms with Crippen LogP contribution in [-0.2, 0) is 18.9 Å². The van der Waals surface area contributed by atoms with Crippen molar-refractivity contribution in [1.82, 2.24) is 0 Å². The molecule has 2 heterocycles. The maximum absolute atomic E-state index is 11.1. The second-order valence-electron chi connectivity index (χ2n) is 7.37. The highest BCUT2D eigenvalue weighted by Crippen LogP contribution is 2.35. The number of ether oxygens (including phenoxy) is 4. The molecule has 12 nitrogen and oxygen atoms in total. The first-order valence-electron chi connectivity index (χ1n) is 9.72. The minimum atomic E-state index is -1.39. The first-order valence-corrected chi connectivity index (χ1v) is 9.72. The van der Waals surface area contributed by atoms with E-state index in [4.69, 9.17) is 18.9 Å². The Balaban J connectivity index is 1.57. The van der Waals surface area contributed by atoms with Crippen molar-refractivity contribution < 1.29 is 39.0 Å². The fourth-order valence-corrected chi connectivity index (χ4v) is 3.58. The van der Waals surface area contributed by atoms with Crippen LogP contribution in [0.4, 0.5) is 11.4 Å². The Morgan fingerprint density at radius 1 is 0.812 bits per heavy atom. The Bertz CT molecular complexity index is 1000. The van der Waals surface area contributed by atoms with Crippen molar-refractivity contribution in [2.24, 2.45) is 0 Å². The molecule has 2 unspecified atom stereocenters. The normalized spacial score (nSPS) is 30.6. The molecule has 2 aliphatic rings. The first-order chi connectivity index (χ1) is 15.3. The van der Waals surface area contributed by atoms with Crippen molar-refractivity contribution in [2.45, 2.75) is 37.0 Å². The van der Waals surface area contributed by atoms with Crippen LogP contribution >= 0.6 is 0 Å². The van der Waals surface area contributed by atoms with E-state index in [1.807, 2.05) is 0 Å². The molecule has 2 aliphatic heterocycles. The van der Waals surface area contributed by atoms with Crippen molar-refractivity contribution in [3.8, 4) is 0 Å². The summed E-state index contributed by atoms with van der Waals surface area (Å²) < 4.78 is 23.0. The van der Waals surface area contributed by atoms with Crippen LogP contribution in [0.2, 0.25) is 0 Å². The number of hydrogen-bond acceptors (Lipinski definition) is 10.